The third-order valence-electron chi connectivity index (χ3n) is 11.6. The first-order chi connectivity index (χ1) is 17.4. The average Bonchev–Trinajstić information content (AvgIpc) is 3.51. The van der Waals surface area contributed by atoms with E-state index in [0.29, 0.717) is 0 Å². The van der Waals surface area contributed by atoms with Crippen LogP contribution in [0.15, 0.2) is 30.5 Å². The number of H-pyrrole nitrogens is 1. The topological polar surface area (TPSA) is 191 Å². The van der Waals surface area contributed by atoms with E-state index < -0.39 is 82.1 Å². The lowest BCUT2D eigenvalue weighted by atomic mass is 9.52. The molecule has 10 atom stereocenters. The summed E-state index contributed by atoms with van der Waals surface area (Å²) in [5.74, 6) is -3.28. The summed E-state index contributed by atoms with van der Waals surface area (Å²) < 4.78 is 24.0. The summed E-state index contributed by atoms with van der Waals surface area (Å²) in [4.78, 5) is 16.2. The quantitative estimate of drug-likeness (QED) is 0.139. The summed E-state index contributed by atoms with van der Waals surface area (Å²) in [5.41, 5.74) is -17.3. The molecular formula is C25H32BNO11. The van der Waals surface area contributed by atoms with Gasteiger partial charge in [0.2, 0.25) is 0 Å². The minimum Gasteiger partial charge on any atom is -0.451 e. The van der Waals surface area contributed by atoms with Crippen LogP contribution in [0.1, 0.15) is 57.4 Å². The Labute approximate surface area is 218 Å². The van der Waals surface area contributed by atoms with Crippen LogP contribution in [0.25, 0.3) is 0 Å². The van der Waals surface area contributed by atoms with Gasteiger partial charge in [-0.15, -0.1) is 0 Å². The van der Waals surface area contributed by atoms with E-state index >= 15 is 0 Å². The van der Waals surface area contributed by atoms with E-state index in [9.17, 15) is 35.4 Å². The van der Waals surface area contributed by atoms with Crippen LogP contribution in [0, 0.1) is 10.8 Å². The zero-order valence-corrected chi connectivity index (χ0v) is 21.5. The molecule has 3 aliphatic heterocycles. The molecule has 13 heteroatoms. The molecule has 12 nitrogen and oxygen atoms in total. The molecule has 3 saturated heterocycles. The summed E-state index contributed by atoms with van der Waals surface area (Å²) in [6.07, 6.45) is -2.38. The van der Waals surface area contributed by atoms with Gasteiger partial charge in [0.15, 0.2) is 17.5 Å². The highest BCUT2D eigenvalue weighted by Crippen LogP contribution is 2.91. The van der Waals surface area contributed by atoms with Crippen molar-refractivity contribution >= 4 is 13.3 Å². The summed E-state index contributed by atoms with van der Waals surface area (Å²) >= 11 is 0. The lowest BCUT2D eigenvalue weighted by Crippen LogP contribution is -2.75. The van der Waals surface area contributed by atoms with Crippen molar-refractivity contribution in [1.29, 1.82) is 0 Å². The molecule has 4 heterocycles. The zero-order chi connectivity index (χ0) is 27.7. The minimum atomic E-state index is -2.71. The van der Waals surface area contributed by atoms with Crippen molar-refractivity contribution in [3.8, 4) is 0 Å². The Morgan fingerprint density at radius 1 is 1.16 bits per heavy atom. The van der Waals surface area contributed by atoms with Crippen LogP contribution in [0.4, 0.5) is 0 Å². The first-order valence-electron chi connectivity index (χ1n) is 12.8. The fourth-order valence-electron chi connectivity index (χ4n) is 10.1. The minimum absolute atomic E-state index is 0.0277. The first-order valence-corrected chi connectivity index (χ1v) is 12.8. The predicted octanol–water partition coefficient (Wildman–Crippen LogP) is -1.11. The molecule has 8 rings (SSSR count). The fraction of sp³-hybridized carbons (Fsp3) is 0.720. The van der Waals surface area contributed by atoms with Gasteiger partial charge in [0.1, 0.15) is 34.2 Å². The molecule has 4 aliphatic carbocycles. The molecule has 2 spiro atoms. The van der Waals surface area contributed by atoms with E-state index in [1.165, 1.54) is 40.0 Å². The molecule has 4 saturated carbocycles. The highest BCUT2D eigenvalue weighted by molar-refractivity contribution is 6.36. The molecule has 1 aromatic rings. The Bertz CT molecular complexity index is 1310. The van der Waals surface area contributed by atoms with Gasteiger partial charge >= 0.3 is 13.3 Å². The van der Waals surface area contributed by atoms with E-state index in [4.69, 9.17) is 18.8 Å². The van der Waals surface area contributed by atoms with Crippen LogP contribution in [0.5, 0.6) is 0 Å². The normalized spacial score (nSPS) is 57.2. The highest BCUT2D eigenvalue weighted by Gasteiger charge is 3.11. The standard InChI is InChI=1S/C25H32BNO11/c1-12-8-9-20(30)18(4)11-21(31)19(5)24(17(2,3)37-26(34)38-24)16(35-15(29)13-7-6-10-27-13)22(18,32)25(19,33)23(20,36-21)14(12)28/h6-7,10,14,16,27-28,30-34H,1,8-9,11H2,2-5H3. The molecule has 206 valence electrons. The second-order valence-corrected chi connectivity index (χ2v) is 12.8. The van der Waals surface area contributed by atoms with Crippen LogP contribution in [-0.2, 0) is 18.8 Å². The van der Waals surface area contributed by atoms with Crippen molar-refractivity contribution in [3.05, 3.63) is 36.2 Å². The third kappa shape index (κ3) is 1.81. The van der Waals surface area contributed by atoms with Gasteiger partial charge in [-0.05, 0) is 51.3 Å². The number of aliphatic hydroxyl groups excluding tert-OH is 1. The largest absolute Gasteiger partial charge is 0.637 e. The monoisotopic (exact) mass is 533 g/mol. The van der Waals surface area contributed by atoms with Crippen LogP contribution in [0.2, 0.25) is 0 Å². The maximum Gasteiger partial charge on any atom is 0.637 e. The number of aromatic amines is 1. The number of carbonyl (C=O) groups excluding carboxylic acids is 1. The van der Waals surface area contributed by atoms with Gasteiger partial charge in [0.05, 0.1) is 11.0 Å². The van der Waals surface area contributed by atoms with E-state index in [0.717, 1.165) is 0 Å². The summed E-state index contributed by atoms with van der Waals surface area (Å²) in [6, 6.07) is 3.02. The SMILES string of the molecule is C=C1CCC2(O)C3(C)CC4(O)OC2(C1O)C1(O)C3(O)C(OC(=O)c2ccc[nH]2)C2(OB(O)OC2(C)C)C41C. The van der Waals surface area contributed by atoms with Crippen LogP contribution >= 0.6 is 0 Å². The van der Waals surface area contributed by atoms with Crippen molar-refractivity contribution < 1.29 is 54.1 Å². The van der Waals surface area contributed by atoms with Gasteiger partial charge in [-0.25, -0.2) is 4.79 Å². The van der Waals surface area contributed by atoms with Gasteiger partial charge in [0.25, 0.3) is 0 Å². The molecular weight excluding hydrogens is 501 g/mol. The van der Waals surface area contributed by atoms with Crippen molar-refractivity contribution in [2.24, 2.45) is 10.8 Å². The Morgan fingerprint density at radius 2 is 1.84 bits per heavy atom. The number of hydrogen-bond donors (Lipinski definition) is 7. The van der Waals surface area contributed by atoms with E-state index in [2.05, 4.69) is 11.6 Å². The van der Waals surface area contributed by atoms with E-state index in [1.54, 1.807) is 6.07 Å². The molecule has 0 radical (unpaired) electrons. The van der Waals surface area contributed by atoms with Gasteiger partial charge in [-0.1, -0.05) is 13.5 Å². The first kappa shape index (κ1) is 25.2. The number of nitrogens with one attached hydrogen (secondary N) is 1. The maximum atomic E-state index is 13.4. The van der Waals surface area contributed by atoms with Crippen LogP contribution in [-0.4, -0.2) is 100 Å². The Kier molecular flexibility index (Phi) is 4.14. The van der Waals surface area contributed by atoms with Gasteiger partial charge in [0, 0.05) is 18.0 Å². The third-order valence-corrected chi connectivity index (χ3v) is 11.6. The molecule has 6 bridgehead atoms. The second-order valence-electron chi connectivity index (χ2n) is 12.8. The Hall–Kier alpha value is -1.81. The lowest BCUT2D eigenvalue weighted by Gasteiger charge is -2.60. The number of hydrogen-bond acceptors (Lipinski definition) is 11. The molecule has 7 aliphatic rings. The van der Waals surface area contributed by atoms with Crippen LogP contribution < -0.4 is 0 Å². The number of aliphatic hydroxyl groups is 5. The number of aromatic nitrogens is 1. The summed E-state index contributed by atoms with van der Waals surface area (Å²) in [6.45, 7) is 9.78. The summed E-state index contributed by atoms with van der Waals surface area (Å²) in [7, 11) is -1.89. The van der Waals surface area contributed by atoms with E-state index in [-0.39, 0.29) is 24.1 Å². The molecule has 1 aromatic heterocycles. The van der Waals surface area contributed by atoms with Crippen LogP contribution in [0.3, 0.4) is 0 Å². The number of carbonyl (C=O) groups is 1. The smallest absolute Gasteiger partial charge is 0.451 e. The molecule has 0 amide bonds. The Morgan fingerprint density at radius 3 is 2.42 bits per heavy atom. The zero-order valence-electron chi connectivity index (χ0n) is 21.5. The molecule has 7 N–H and O–H groups in total. The number of ether oxygens (including phenoxy) is 2. The van der Waals surface area contributed by atoms with Crippen molar-refractivity contribution in [2.45, 2.75) is 98.6 Å². The lowest BCUT2D eigenvalue weighted by molar-refractivity contribution is -0.382. The fourth-order valence-corrected chi connectivity index (χ4v) is 10.1. The number of esters is 1. The Balaban J connectivity index is 1.60. The van der Waals surface area contributed by atoms with Crippen molar-refractivity contribution in [1.82, 2.24) is 4.98 Å². The summed E-state index contributed by atoms with van der Waals surface area (Å²) in [5, 5.41) is 73.1. The molecule has 7 fully saturated rings. The van der Waals surface area contributed by atoms with Crippen molar-refractivity contribution in [3.63, 3.8) is 0 Å². The second kappa shape index (κ2) is 6.24. The average molecular weight is 533 g/mol. The maximum absolute atomic E-state index is 13.4. The van der Waals surface area contributed by atoms with Crippen molar-refractivity contribution in [2.75, 3.05) is 0 Å². The van der Waals surface area contributed by atoms with Gasteiger partial charge < -0.3 is 54.3 Å². The van der Waals surface area contributed by atoms with E-state index in [1.807, 2.05) is 0 Å². The predicted molar refractivity (Wildman–Crippen MR) is 126 cm³/mol. The van der Waals surface area contributed by atoms with Gasteiger partial charge in [-0.2, -0.15) is 0 Å². The molecule has 0 aromatic carbocycles. The van der Waals surface area contributed by atoms with Gasteiger partial charge in [-0.3, -0.25) is 0 Å². The molecule has 10 unspecified atom stereocenters. The number of rotatable bonds is 2. The molecule has 38 heavy (non-hydrogen) atoms. The highest BCUT2D eigenvalue weighted by atomic mass is 16.8.